The lowest BCUT2D eigenvalue weighted by molar-refractivity contribution is -0.131. The van der Waals surface area contributed by atoms with Crippen LogP contribution in [0.4, 0.5) is 0 Å². The van der Waals surface area contributed by atoms with Crippen LogP contribution in [0.1, 0.15) is 49.2 Å². The number of benzene rings is 1. The van der Waals surface area contributed by atoms with E-state index in [-0.39, 0.29) is 18.4 Å². The van der Waals surface area contributed by atoms with Crippen LogP contribution in [-0.2, 0) is 17.9 Å². The number of hydrogen-bond donors (Lipinski definition) is 2. The molecule has 3 rings (SSSR count). The van der Waals surface area contributed by atoms with Gasteiger partial charge >= 0.3 is 0 Å². The number of carbonyl (C=O) groups is 2. The zero-order chi connectivity index (χ0) is 18.8. The molecule has 0 aromatic heterocycles. The maximum atomic E-state index is 12.7. The molecule has 0 aliphatic carbocycles. The lowest BCUT2D eigenvalue weighted by Gasteiger charge is -2.35. The number of fused-ring (bicyclic) bond motifs is 1. The number of nitrogens with one attached hydrogen (secondary N) is 1. The largest absolute Gasteiger partial charge is 0.338 e. The third-order valence-electron chi connectivity index (χ3n) is 4.21. The zero-order valence-electron chi connectivity index (χ0n) is 16.0. The van der Waals surface area contributed by atoms with Crippen LogP contribution in [0.3, 0.4) is 0 Å². The summed E-state index contributed by atoms with van der Waals surface area (Å²) in [5.41, 5.74) is 8.48. The molecule has 3 N–H and O–H groups in total. The molecule has 2 heterocycles. The van der Waals surface area contributed by atoms with Crippen LogP contribution in [0.25, 0.3) is 0 Å². The highest BCUT2D eigenvalue weighted by Crippen LogP contribution is 2.21. The molecule has 2 aliphatic rings. The molecule has 2 aliphatic heterocycles. The van der Waals surface area contributed by atoms with Gasteiger partial charge in [-0.15, -0.1) is 0 Å². The Morgan fingerprint density at radius 3 is 2.20 bits per heavy atom. The van der Waals surface area contributed by atoms with Gasteiger partial charge in [-0.2, -0.15) is 0 Å². The van der Waals surface area contributed by atoms with Crippen molar-refractivity contribution in [2.45, 2.75) is 40.8 Å². The Bertz CT molecular complexity index is 567. The lowest BCUT2D eigenvalue weighted by atomic mass is 10.0. The van der Waals surface area contributed by atoms with Crippen molar-refractivity contribution in [1.82, 2.24) is 15.1 Å². The number of hydrogen-bond acceptors (Lipinski definition) is 4. The van der Waals surface area contributed by atoms with Crippen molar-refractivity contribution in [1.29, 1.82) is 0 Å². The summed E-state index contributed by atoms with van der Waals surface area (Å²) in [6.07, 6.45) is 0. The minimum Gasteiger partial charge on any atom is -0.338 e. The highest BCUT2D eigenvalue weighted by atomic mass is 16.2. The van der Waals surface area contributed by atoms with E-state index in [0.717, 1.165) is 24.2 Å². The first-order valence-electron chi connectivity index (χ1n) is 9.29. The molecule has 1 fully saturated rings. The highest BCUT2D eigenvalue weighted by Gasteiger charge is 2.26. The zero-order valence-corrected chi connectivity index (χ0v) is 16.0. The fourth-order valence-electron chi connectivity index (χ4n) is 2.99. The molecule has 6 nitrogen and oxygen atoms in total. The molecule has 1 aromatic rings. The van der Waals surface area contributed by atoms with Gasteiger partial charge in [0, 0.05) is 44.8 Å². The number of nitrogens with two attached hydrogens (primary N) is 1. The van der Waals surface area contributed by atoms with Gasteiger partial charge in [-0.25, -0.2) is 0 Å². The molecule has 0 atom stereocenters. The van der Waals surface area contributed by atoms with Crippen LogP contribution < -0.4 is 11.1 Å². The number of carbonyl (C=O) groups excluding carboxylic acids is 2. The minimum atomic E-state index is -0.0492. The van der Waals surface area contributed by atoms with Gasteiger partial charge in [-0.1, -0.05) is 39.8 Å². The average molecular weight is 348 g/mol. The third kappa shape index (κ3) is 5.03. The second-order valence-electron chi connectivity index (χ2n) is 5.42. The first kappa shape index (κ1) is 21.1. The van der Waals surface area contributed by atoms with E-state index in [9.17, 15) is 9.59 Å². The topological polar surface area (TPSA) is 78.7 Å². The molecule has 0 bridgehead atoms. The van der Waals surface area contributed by atoms with Crippen molar-refractivity contribution in [2.75, 3.05) is 32.7 Å². The molecule has 1 aromatic carbocycles. The lowest BCUT2D eigenvalue weighted by Crippen LogP contribution is -2.52. The van der Waals surface area contributed by atoms with Crippen molar-refractivity contribution >= 4 is 11.8 Å². The maximum Gasteiger partial charge on any atom is 0.254 e. The molecule has 0 spiro atoms. The van der Waals surface area contributed by atoms with E-state index in [1.54, 1.807) is 4.90 Å². The summed E-state index contributed by atoms with van der Waals surface area (Å²) < 4.78 is 0. The van der Waals surface area contributed by atoms with Gasteiger partial charge in [0.25, 0.3) is 5.91 Å². The van der Waals surface area contributed by atoms with E-state index in [2.05, 4.69) is 11.4 Å². The summed E-state index contributed by atoms with van der Waals surface area (Å²) in [4.78, 5) is 27.8. The molecule has 0 radical (unpaired) electrons. The Labute approximate surface area is 151 Å². The summed E-state index contributed by atoms with van der Waals surface area (Å²) >= 11 is 0. The second-order valence-corrected chi connectivity index (χ2v) is 5.42. The van der Waals surface area contributed by atoms with Crippen LogP contribution in [0.5, 0.6) is 0 Å². The summed E-state index contributed by atoms with van der Waals surface area (Å²) in [6, 6.07) is 5.89. The van der Waals surface area contributed by atoms with Crippen molar-refractivity contribution in [3.63, 3.8) is 0 Å². The molecule has 0 unspecified atom stereocenters. The first-order chi connectivity index (χ1) is 12.2. The van der Waals surface area contributed by atoms with E-state index in [1.807, 2.05) is 44.7 Å². The first-order valence-corrected chi connectivity index (χ1v) is 9.29. The Morgan fingerprint density at radius 2 is 1.60 bits per heavy atom. The second kappa shape index (κ2) is 10.8. The molecule has 1 saturated heterocycles. The van der Waals surface area contributed by atoms with Gasteiger partial charge in [-0.05, 0) is 17.2 Å². The Kier molecular flexibility index (Phi) is 9.16. The number of rotatable bonds is 2. The quantitative estimate of drug-likeness (QED) is 0.851. The maximum absolute atomic E-state index is 12.7. The van der Waals surface area contributed by atoms with Crippen LogP contribution in [-0.4, -0.2) is 54.3 Å². The van der Waals surface area contributed by atoms with Crippen molar-refractivity contribution in [3.8, 4) is 0 Å². The van der Waals surface area contributed by atoms with E-state index >= 15 is 0 Å². The monoisotopic (exact) mass is 348 g/mol. The summed E-state index contributed by atoms with van der Waals surface area (Å²) in [7, 11) is 0. The Hall–Kier alpha value is -1.92. The van der Waals surface area contributed by atoms with Gasteiger partial charge in [0.2, 0.25) is 5.91 Å². The van der Waals surface area contributed by atoms with E-state index < -0.39 is 0 Å². The molecule has 6 heteroatoms. The van der Waals surface area contributed by atoms with Gasteiger partial charge in [0.1, 0.15) is 0 Å². The van der Waals surface area contributed by atoms with Crippen LogP contribution >= 0.6 is 0 Å². The van der Waals surface area contributed by atoms with Crippen LogP contribution in [0, 0.1) is 0 Å². The summed E-state index contributed by atoms with van der Waals surface area (Å²) in [6.45, 7) is 11.9. The number of nitrogens with zero attached hydrogens (tertiary/aromatic N) is 2. The fraction of sp³-hybridized carbons (Fsp3) is 0.579. The van der Waals surface area contributed by atoms with E-state index in [0.29, 0.717) is 26.2 Å². The van der Waals surface area contributed by atoms with Crippen LogP contribution in [0.15, 0.2) is 18.2 Å². The fourth-order valence-corrected chi connectivity index (χ4v) is 2.99. The van der Waals surface area contributed by atoms with Gasteiger partial charge in [-0.3, -0.25) is 9.59 Å². The average Bonchev–Trinajstić information content (AvgIpc) is 3.19. The standard InChI is InChI=1S/C15H20N4O2.2C2H6/c16-8-14(20)18-4-6-19(7-5-18)15(21)12-3-1-2-11-9-17-10-13(11)12;2*1-2/h1-3,17H,4-10,16H2;2*1-2H3. The van der Waals surface area contributed by atoms with Gasteiger partial charge < -0.3 is 20.9 Å². The van der Waals surface area contributed by atoms with Crippen molar-refractivity contribution in [2.24, 2.45) is 5.73 Å². The van der Waals surface area contributed by atoms with Gasteiger partial charge in [0.15, 0.2) is 0 Å². The molecule has 0 saturated carbocycles. The number of amides is 2. The Balaban J connectivity index is 0.000000730. The minimum absolute atomic E-state index is 0.0335. The molecule has 140 valence electrons. The van der Waals surface area contributed by atoms with Crippen LogP contribution in [0.2, 0.25) is 0 Å². The van der Waals surface area contributed by atoms with E-state index in [4.69, 9.17) is 5.73 Å². The van der Waals surface area contributed by atoms with Crippen molar-refractivity contribution < 1.29 is 9.59 Å². The summed E-state index contributed by atoms with van der Waals surface area (Å²) in [5.74, 6) is 0.0160. The third-order valence-corrected chi connectivity index (χ3v) is 4.21. The smallest absolute Gasteiger partial charge is 0.254 e. The number of piperazine rings is 1. The molecular formula is C19H32N4O2. The van der Waals surface area contributed by atoms with Crippen molar-refractivity contribution in [3.05, 3.63) is 34.9 Å². The molecular weight excluding hydrogens is 316 g/mol. The molecule has 25 heavy (non-hydrogen) atoms. The predicted octanol–water partition coefficient (Wildman–Crippen LogP) is 1.59. The SMILES string of the molecule is CC.CC.NCC(=O)N1CCN(C(=O)c2cccc3c2CNC3)CC1. The van der Waals surface area contributed by atoms with E-state index in [1.165, 1.54) is 5.56 Å². The highest BCUT2D eigenvalue weighted by molar-refractivity contribution is 5.96. The summed E-state index contributed by atoms with van der Waals surface area (Å²) in [5, 5.41) is 3.28. The normalized spacial score (nSPS) is 15.4. The molecule has 2 amide bonds. The Morgan fingerprint density at radius 1 is 1.00 bits per heavy atom. The predicted molar refractivity (Wildman–Crippen MR) is 101 cm³/mol. The van der Waals surface area contributed by atoms with Gasteiger partial charge in [0.05, 0.1) is 6.54 Å².